The second-order valence-corrected chi connectivity index (χ2v) is 6.59. The number of allylic oxidation sites excluding steroid dienone is 2. The van der Waals surface area contributed by atoms with Gasteiger partial charge in [-0.15, -0.1) is 0 Å². The third-order valence-corrected chi connectivity index (χ3v) is 5.24. The van der Waals surface area contributed by atoms with Gasteiger partial charge in [0.2, 0.25) is 0 Å². The zero-order chi connectivity index (χ0) is 18.4. The largest absolute Gasteiger partial charge is 0.372 e. The Morgan fingerprint density at radius 3 is 2.08 bits per heavy atom. The van der Waals surface area contributed by atoms with Crippen molar-refractivity contribution in [2.24, 2.45) is 0 Å². The van der Waals surface area contributed by atoms with Gasteiger partial charge in [0.05, 0.1) is 0 Å². The summed E-state index contributed by atoms with van der Waals surface area (Å²) in [5.41, 5.74) is 4.00. The van der Waals surface area contributed by atoms with Gasteiger partial charge < -0.3 is 4.90 Å². The monoisotopic (exact) mass is 340 g/mol. The maximum absolute atomic E-state index is 12.9. The molecule has 0 aromatic heterocycles. The van der Waals surface area contributed by atoms with E-state index in [9.17, 15) is 4.79 Å². The molecule has 0 bridgehead atoms. The van der Waals surface area contributed by atoms with Crippen molar-refractivity contribution >= 4 is 11.5 Å². The van der Waals surface area contributed by atoms with Crippen LogP contribution in [0.4, 0.5) is 5.69 Å². The average Bonchev–Trinajstić information content (AvgIpc) is 2.64. The van der Waals surface area contributed by atoms with Gasteiger partial charge in [-0.1, -0.05) is 31.6 Å². The lowest BCUT2D eigenvalue weighted by Crippen LogP contribution is -2.35. The number of hydrogen-bond donors (Lipinski definition) is 0. The van der Waals surface area contributed by atoms with Crippen LogP contribution < -0.4 is 4.90 Å². The first-order valence-electron chi connectivity index (χ1n) is 9.57. The molecule has 25 heavy (non-hydrogen) atoms. The highest BCUT2D eigenvalue weighted by Gasteiger charge is 2.22. The van der Waals surface area contributed by atoms with E-state index in [4.69, 9.17) is 0 Å². The molecule has 0 radical (unpaired) electrons. The van der Waals surface area contributed by atoms with Crippen LogP contribution in [0.2, 0.25) is 0 Å². The predicted octanol–water partition coefficient (Wildman–Crippen LogP) is 4.70. The minimum Gasteiger partial charge on any atom is -0.372 e. The topological polar surface area (TPSA) is 23.6 Å². The molecule has 1 atom stereocenters. The number of nitrogens with zero attached hydrogens (tertiary/aromatic N) is 2. The molecule has 1 aliphatic rings. The van der Waals surface area contributed by atoms with Gasteiger partial charge in [0.25, 0.3) is 0 Å². The van der Waals surface area contributed by atoms with Crippen molar-refractivity contribution in [2.45, 2.75) is 47.1 Å². The van der Waals surface area contributed by atoms with Gasteiger partial charge >= 0.3 is 0 Å². The second kappa shape index (κ2) is 9.00. The Hall–Kier alpha value is -1.87. The Morgan fingerprint density at radius 1 is 1.00 bits per heavy atom. The van der Waals surface area contributed by atoms with Crippen molar-refractivity contribution in [1.82, 2.24) is 4.90 Å². The maximum atomic E-state index is 12.9. The van der Waals surface area contributed by atoms with Crippen LogP contribution in [-0.4, -0.2) is 42.9 Å². The Balaban J connectivity index is 2.15. The molecular weight excluding hydrogens is 308 g/mol. The van der Waals surface area contributed by atoms with Crippen molar-refractivity contribution in [3.05, 3.63) is 53.1 Å². The highest BCUT2D eigenvalue weighted by molar-refractivity contribution is 6.11. The van der Waals surface area contributed by atoms with Crippen LogP contribution in [0.1, 0.15) is 51.4 Å². The number of benzene rings is 1. The molecule has 0 aliphatic heterocycles. The first-order valence-corrected chi connectivity index (χ1v) is 9.57. The molecular formula is C22H32N2O. The number of likely N-dealkylation sites (N-methyl/N-ethyl adjacent to an activating group) is 1. The van der Waals surface area contributed by atoms with Gasteiger partial charge in [-0.3, -0.25) is 9.69 Å². The van der Waals surface area contributed by atoms with Crippen LogP contribution in [-0.2, 0) is 0 Å². The lowest BCUT2D eigenvalue weighted by Gasteiger charge is -2.30. The minimum absolute atomic E-state index is 0.137. The summed E-state index contributed by atoms with van der Waals surface area (Å²) in [6, 6.07) is 8.45. The van der Waals surface area contributed by atoms with E-state index in [1.807, 2.05) is 18.2 Å². The SMILES string of the molecule is CCN(CC)c1ccc(C(=O)C2=C(C)CC(N(CC)CC)C=C2)cc1. The molecule has 2 rings (SSSR count). The molecule has 136 valence electrons. The smallest absolute Gasteiger partial charge is 0.192 e. The summed E-state index contributed by atoms with van der Waals surface area (Å²) < 4.78 is 0. The molecule has 0 amide bonds. The fraction of sp³-hybridized carbons (Fsp3) is 0.500. The summed E-state index contributed by atoms with van der Waals surface area (Å²) in [6.45, 7) is 14.8. The third kappa shape index (κ3) is 4.40. The van der Waals surface area contributed by atoms with E-state index in [0.29, 0.717) is 6.04 Å². The fourth-order valence-electron chi connectivity index (χ4n) is 3.62. The lowest BCUT2D eigenvalue weighted by molar-refractivity contribution is 0.103. The number of ketones is 1. The molecule has 1 aromatic rings. The number of anilines is 1. The molecule has 0 saturated carbocycles. The molecule has 0 N–H and O–H groups in total. The summed E-state index contributed by atoms with van der Waals surface area (Å²) in [5.74, 6) is 0.137. The summed E-state index contributed by atoms with van der Waals surface area (Å²) in [4.78, 5) is 17.6. The molecule has 3 nitrogen and oxygen atoms in total. The molecule has 0 heterocycles. The van der Waals surface area contributed by atoms with Gasteiger partial charge in [-0.25, -0.2) is 0 Å². The van der Waals surface area contributed by atoms with Gasteiger partial charge in [-0.05, 0) is 64.5 Å². The Bertz CT molecular complexity index is 634. The quantitative estimate of drug-likeness (QED) is 0.641. The van der Waals surface area contributed by atoms with E-state index in [0.717, 1.165) is 43.7 Å². The van der Waals surface area contributed by atoms with E-state index < -0.39 is 0 Å². The zero-order valence-corrected chi connectivity index (χ0v) is 16.4. The van der Waals surface area contributed by atoms with Crippen LogP contribution in [0, 0.1) is 0 Å². The van der Waals surface area contributed by atoms with E-state index in [2.05, 4.69) is 62.6 Å². The van der Waals surface area contributed by atoms with Crippen molar-refractivity contribution < 1.29 is 4.79 Å². The number of carbonyl (C=O) groups excluding carboxylic acids is 1. The number of rotatable bonds is 8. The van der Waals surface area contributed by atoms with Crippen molar-refractivity contribution in [3.8, 4) is 0 Å². The van der Waals surface area contributed by atoms with Crippen LogP contribution in [0.3, 0.4) is 0 Å². The number of hydrogen-bond acceptors (Lipinski definition) is 3. The number of carbonyl (C=O) groups is 1. The van der Waals surface area contributed by atoms with Crippen molar-refractivity contribution in [3.63, 3.8) is 0 Å². The predicted molar refractivity (Wildman–Crippen MR) is 107 cm³/mol. The van der Waals surface area contributed by atoms with Crippen molar-refractivity contribution in [2.75, 3.05) is 31.1 Å². The first kappa shape index (κ1) is 19.5. The van der Waals surface area contributed by atoms with E-state index in [-0.39, 0.29) is 5.78 Å². The normalized spacial score (nSPS) is 17.3. The van der Waals surface area contributed by atoms with Gasteiger partial charge in [0.1, 0.15) is 0 Å². The summed E-state index contributed by atoms with van der Waals surface area (Å²) in [7, 11) is 0. The van der Waals surface area contributed by atoms with Gasteiger partial charge in [-0.2, -0.15) is 0 Å². The van der Waals surface area contributed by atoms with Crippen LogP contribution in [0.15, 0.2) is 47.6 Å². The first-order chi connectivity index (χ1) is 12.0. The van der Waals surface area contributed by atoms with Gasteiger partial charge in [0.15, 0.2) is 5.78 Å². The van der Waals surface area contributed by atoms with Crippen molar-refractivity contribution in [1.29, 1.82) is 0 Å². The highest BCUT2D eigenvalue weighted by Crippen LogP contribution is 2.26. The summed E-state index contributed by atoms with van der Waals surface area (Å²) in [6.07, 6.45) is 5.16. The molecule has 1 aromatic carbocycles. The maximum Gasteiger partial charge on any atom is 0.192 e. The molecule has 0 spiro atoms. The van der Waals surface area contributed by atoms with Gasteiger partial charge in [0, 0.05) is 36.0 Å². The fourth-order valence-corrected chi connectivity index (χ4v) is 3.62. The number of Topliss-reactive ketones (excluding diaryl/α,β-unsaturated/α-hetero) is 1. The van der Waals surface area contributed by atoms with E-state index in [1.54, 1.807) is 0 Å². The standard InChI is InChI=1S/C22H32N2O/c1-6-23(7-2)19-12-10-18(11-13-19)22(25)21-15-14-20(16-17(21)5)24(8-3)9-4/h10-15,20H,6-9,16H2,1-5H3. The third-order valence-electron chi connectivity index (χ3n) is 5.24. The lowest BCUT2D eigenvalue weighted by atomic mass is 9.89. The van der Waals surface area contributed by atoms with Crippen LogP contribution >= 0.6 is 0 Å². The molecule has 0 saturated heterocycles. The second-order valence-electron chi connectivity index (χ2n) is 6.59. The Morgan fingerprint density at radius 2 is 1.60 bits per heavy atom. The zero-order valence-electron chi connectivity index (χ0n) is 16.4. The van der Waals surface area contributed by atoms with Crippen LogP contribution in [0.25, 0.3) is 0 Å². The Kier molecular flexibility index (Phi) is 7.01. The van der Waals surface area contributed by atoms with E-state index >= 15 is 0 Å². The summed E-state index contributed by atoms with van der Waals surface area (Å²) in [5, 5.41) is 0. The minimum atomic E-state index is 0.137. The van der Waals surface area contributed by atoms with Crippen LogP contribution in [0.5, 0.6) is 0 Å². The highest BCUT2D eigenvalue weighted by atomic mass is 16.1. The average molecular weight is 341 g/mol. The molecule has 0 fully saturated rings. The Labute approximate surface area is 153 Å². The molecule has 3 heteroatoms. The van der Waals surface area contributed by atoms with E-state index in [1.165, 1.54) is 11.3 Å². The summed E-state index contributed by atoms with van der Waals surface area (Å²) >= 11 is 0. The molecule has 1 aliphatic carbocycles. The molecule has 1 unspecified atom stereocenters.